The molecule has 0 aromatic carbocycles. The second kappa shape index (κ2) is 5.60. The Bertz CT molecular complexity index is 461. The first-order valence-corrected chi connectivity index (χ1v) is 5.70. The molecule has 0 spiro atoms. The van der Waals surface area contributed by atoms with Gasteiger partial charge in [0.2, 0.25) is 0 Å². The van der Waals surface area contributed by atoms with Crippen LogP contribution in [0.2, 0.25) is 0 Å². The largest absolute Gasteiger partial charge is 0.313 e. The first-order valence-electron chi connectivity index (χ1n) is 4.93. The molecule has 4 nitrogen and oxygen atoms in total. The number of fused-ring (bicyclic) bond motifs is 1. The van der Waals surface area contributed by atoms with E-state index in [9.17, 15) is 4.79 Å². The predicted octanol–water partition coefficient (Wildman–Crippen LogP) is 2.43. The Labute approximate surface area is 92.5 Å². The smallest absolute Gasteiger partial charge is 0.261 e. The maximum absolute atomic E-state index is 10.9. The third-order valence-corrected chi connectivity index (χ3v) is 2.70. The molecule has 0 aliphatic rings. The molecule has 0 aliphatic carbocycles. The number of aromatic nitrogens is 3. The van der Waals surface area contributed by atoms with Crippen LogP contribution < -0.4 is 5.56 Å². The van der Waals surface area contributed by atoms with Gasteiger partial charge in [-0.3, -0.25) is 4.79 Å². The van der Waals surface area contributed by atoms with Crippen LogP contribution in [0.5, 0.6) is 0 Å². The molecule has 1 N–H and O–H groups in total. The number of nitrogens with one attached hydrogen (secondary N) is 1. The van der Waals surface area contributed by atoms with Crippen molar-refractivity contribution < 1.29 is 0 Å². The van der Waals surface area contributed by atoms with Gasteiger partial charge in [0, 0.05) is 0 Å². The molecule has 0 aliphatic heterocycles. The van der Waals surface area contributed by atoms with Gasteiger partial charge in [-0.15, -0.1) is 0 Å². The van der Waals surface area contributed by atoms with Gasteiger partial charge in [-0.25, -0.2) is 4.98 Å². The number of nitrogens with zero attached hydrogens (tertiary/aromatic N) is 2. The summed E-state index contributed by atoms with van der Waals surface area (Å²) in [4.78, 5) is 18.0. The molecule has 5 heteroatoms. The minimum Gasteiger partial charge on any atom is -0.313 e. The monoisotopic (exact) mass is 225 g/mol. The van der Waals surface area contributed by atoms with Gasteiger partial charge in [-0.1, -0.05) is 27.2 Å². The highest BCUT2D eigenvalue weighted by Crippen LogP contribution is 2.07. The molecule has 82 valence electrons. The van der Waals surface area contributed by atoms with Crippen molar-refractivity contribution in [3.63, 3.8) is 0 Å². The summed E-state index contributed by atoms with van der Waals surface area (Å²) in [5.41, 5.74) is -0.126. The second-order valence-corrected chi connectivity index (χ2v) is 4.36. The number of hydrogen-bond donors (Lipinski definition) is 1. The SMILES string of the molecule is CCC(C)C.O=c1[nH]cnc2sncc12. The summed E-state index contributed by atoms with van der Waals surface area (Å²) in [6, 6.07) is 0. The van der Waals surface area contributed by atoms with E-state index in [1.165, 1.54) is 30.5 Å². The Morgan fingerprint density at radius 3 is 2.73 bits per heavy atom. The minimum atomic E-state index is -0.126. The van der Waals surface area contributed by atoms with Crippen molar-refractivity contribution in [1.82, 2.24) is 14.3 Å². The van der Waals surface area contributed by atoms with Crippen molar-refractivity contribution >= 4 is 21.7 Å². The summed E-state index contributed by atoms with van der Waals surface area (Å²) < 4.78 is 3.82. The Morgan fingerprint density at radius 1 is 1.53 bits per heavy atom. The fourth-order valence-corrected chi connectivity index (χ4v) is 1.31. The Kier molecular flexibility index (Phi) is 4.42. The van der Waals surface area contributed by atoms with Crippen molar-refractivity contribution in [3.8, 4) is 0 Å². The zero-order valence-corrected chi connectivity index (χ0v) is 9.97. The zero-order valence-electron chi connectivity index (χ0n) is 9.15. The molecule has 2 heterocycles. The van der Waals surface area contributed by atoms with E-state index >= 15 is 0 Å². The average molecular weight is 225 g/mol. The van der Waals surface area contributed by atoms with Gasteiger partial charge < -0.3 is 4.98 Å². The van der Waals surface area contributed by atoms with E-state index < -0.39 is 0 Å². The molecule has 0 radical (unpaired) electrons. The fourth-order valence-electron chi connectivity index (χ4n) is 0.710. The third-order valence-electron chi connectivity index (χ3n) is 1.99. The van der Waals surface area contributed by atoms with Gasteiger partial charge >= 0.3 is 0 Å². The van der Waals surface area contributed by atoms with E-state index in [0.717, 1.165) is 5.92 Å². The molecule has 15 heavy (non-hydrogen) atoms. The number of aromatic amines is 1. The summed E-state index contributed by atoms with van der Waals surface area (Å²) in [6.45, 7) is 6.64. The van der Waals surface area contributed by atoms with Crippen LogP contribution in [-0.2, 0) is 0 Å². The average Bonchev–Trinajstić information content (AvgIpc) is 2.68. The summed E-state index contributed by atoms with van der Waals surface area (Å²) in [5.74, 6) is 0.884. The lowest BCUT2D eigenvalue weighted by molar-refractivity contribution is 0.626. The van der Waals surface area contributed by atoms with E-state index in [1.54, 1.807) is 0 Å². The van der Waals surface area contributed by atoms with Gasteiger partial charge in [0.15, 0.2) is 4.83 Å². The Hall–Kier alpha value is -1.23. The van der Waals surface area contributed by atoms with Gasteiger partial charge in [0.05, 0.1) is 17.9 Å². The van der Waals surface area contributed by atoms with E-state index in [4.69, 9.17) is 0 Å². The van der Waals surface area contributed by atoms with Crippen molar-refractivity contribution in [2.45, 2.75) is 27.2 Å². The molecule has 0 saturated carbocycles. The van der Waals surface area contributed by atoms with E-state index in [1.807, 2.05) is 0 Å². The standard InChI is InChI=1S/C5H3N3OS.C5H12/c9-4-3-1-8-10-5(3)7-2-6-4;1-4-5(2)3/h1-2H,(H,6,7,9);5H,4H2,1-3H3. The summed E-state index contributed by atoms with van der Waals surface area (Å²) in [5, 5.41) is 0.563. The van der Waals surface area contributed by atoms with Crippen LogP contribution in [-0.4, -0.2) is 14.3 Å². The van der Waals surface area contributed by atoms with E-state index in [2.05, 4.69) is 35.1 Å². The van der Waals surface area contributed by atoms with Crippen LogP contribution in [0.25, 0.3) is 10.2 Å². The molecule has 2 aromatic heterocycles. The summed E-state index contributed by atoms with van der Waals surface area (Å²) in [6.07, 6.45) is 4.20. The molecule has 0 unspecified atom stereocenters. The lowest BCUT2D eigenvalue weighted by atomic mass is 10.2. The van der Waals surface area contributed by atoms with Crippen LogP contribution in [0, 0.1) is 5.92 Å². The minimum absolute atomic E-state index is 0.126. The molecule has 0 bridgehead atoms. The molecule has 0 saturated heterocycles. The van der Waals surface area contributed by atoms with Crippen LogP contribution in [0.3, 0.4) is 0 Å². The number of rotatable bonds is 1. The zero-order chi connectivity index (χ0) is 11.3. The quantitative estimate of drug-likeness (QED) is 0.811. The second-order valence-electron chi connectivity index (χ2n) is 3.58. The molecule has 2 aromatic rings. The van der Waals surface area contributed by atoms with E-state index in [0.29, 0.717) is 10.2 Å². The van der Waals surface area contributed by atoms with Crippen molar-refractivity contribution in [2.75, 3.05) is 0 Å². The summed E-state index contributed by atoms with van der Waals surface area (Å²) in [7, 11) is 0. The highest BCUT2D eigenvalue weighted by atomic mass is 32.1. The topological polar surface area (TPSA) is 58.6 Å². The Morgan fingerprint density at radius 2 is 2.20 bits per heavy atom. The normalized spacial score (nSPS) is 10.1. The van der Waals surface area contributed by atoms with Crippen LogP contribution >= 0.6 is 11.5 Å². The van der Waals surface area contributed by atoms with Gasteiger partial charge in [0.25, 0.3) is 5.56 Å². The van der Waals surface area contributed by atoms with Crippen molar-refractivity contribution in [3.05, 3.63) is 22.9 Å². The lowest BCUT2D eigenvalue weighted by Crippen LogP contribution is -2.03. The molecular formula is C10H15N3OS. The lowest BCUT2D eigenvalue weighted by Gasteiger charge is -1.90. The predicted molar refractivity (Wildman–Crippen MR) is 63.2 cm³/mol. The van der Waals surface area contributed by atoms with Crippen LogP contribution in [0.4, 0.5) is 0 Å². The van der Waals surface area contributed by atoms with Gasteiger partial charge in [-0.2, -0.15) is 4.37 Å². The highest BCUT2D eigenvalue weighted by molar-refractivity contribution is 7.12. The maximum Gasteiger partial charge on any atom is 0.261 e. The highest BCUT2D eigenvalue weighted by Gasteiger charge is 1.98. The molecular weight excluding hydrogens is 210 g/mol. The van der Waals surface area contributed by atoms with Gasteiger partial charge in [-0.05, 0) is 17.5 Å². The van der Waals surface area contributed by atoms with Crippen molar-refractivity contribution in [1.29, 1.82) is 0 Å². The Balaban J connectivity index is 0.000000195. The van der Waals surface area contributed by atoms with Gasteiger partial charge in [0.1, 0.15) is 0 Å². The van der Waals surface area contributed by atoms with Crippen LogP contribution in [0.1, 0.15) is 27.2 Å². The third kappa shape index (κ3) is 3.43. The molecule has 2 rings (SSSR count). The number of H-pyrrole nitrogens is 1. The first kappa shape index (κ1) is 11.8. The molecule has 0 fully saturated rings. The molecule has 0 atom stereocenters. The first-order chi connectivity index (χ1) is 7.15. The maximum atomic E-state index is 10.9. The summed E-state index contributed by atoms with van der Waals surface area (Å²) >= 11 is 1.22. The van der Waals surface area contributed by atoms with E-state index in [-0.39, 0.29) is 5.56 Å². The van der Waals surface area contributed by atoms with Crippen molar-refractivity contribution in [2.24, 2.45) is 5.92 Å². The molecule has 0 amide bonds. The van der Waals surface area contributed by atoms with Crippen LogP contribution in [0.15, 0.2) is 17.3 Å². The fraction of sp³-hybridized carbons (Fsp3) is 0.500. The number of hydrogen-bond acceptors (Lipinski definition) is 4.